The zero-order valence-electron chi connectivity index (χ0n) is 14.0. The Kier molecular flexibility index (Phi) is 6.92. The summed E-state index contributed by atoms with van der Waals surface area (Å²) in [6.07, 6.45) is 6.02. The van der Waals surface area contributed by atoms with Crippen LogP contribution in [0, 0.1) is 0 Å². The molecule has 0 spiro atoms. The lowest BCUT2D eigenvalue weighted by Gasteiger charge is -2.38. The Hall–Kier alpha value is -0.355. The van der Waals surface area contributed by atoms with E-state index in [9.17, 15) is 10.1 Å². The van der Waals surface area contributed by atoms with Crippen molar-refractivity contribution in [3.8, 4) is 0 Å². The van der Waals surface area contributed by atoms with Crippen molar-refractivity contribution in [1.29, 1.82) is 0 Å². The van der Waals surface area contributed by atoms with Crippen molar-refractivity contribution in [1.82, 2.24) is 0 Å². The van der Waals surface area contributed by atoms with Gasteiger partial charge in [-0.05, 0) is 57.5 Å². The van der Waals surface area contributed by atoms with Crippen LogP contribution in [0.3, 0.4) is 0 Å². The van der Waals surface area contributed by atoms with Crippen LogP contribution < -0.4 is 4.78 Å². The number of unbranched alkanes of at least 4 members (excludes halogenated alkanes) is 3. The standard InChI is InChI=1S/C16H29BO3S/c1-6-7-8-9-10-13-11-14(21-12-13)17(19)20-16(4,5)15(2,3)18/h11-12,18-19H,6-10H2,1-5H3. The summed E-state index contributed by atoms with van der Waals surface area (Å²) in [7, 11) is -0.985. The van der Waals surface area contributed by atoms with Gasteiger partial charge in [-0.3, -0.25) is 0 Å². The minimum absolute atomic E-state index is 0.804. The van der Waals surface area contributed by atoms with Gasteiger partial charge < -0.3 is 14.8 Å². The van der Waals surface area contributed by atoms with Gasteiger partial charge in [0.1, 0.15) is 0 Å². The highest BCUT2D eigenvalue weighted by Gasteiger charge is 2.39. The highest BCUT2D eigenvalue weighted by atomic mass is 32.1. The van der Waals surface area contributed by atoms with E-state index in [0.29, 0.717) is 0 Å². The third kappa shape index (κ3) is 5.74. The topological polar surface area (TPSA) is 49.7 Å². The molecule has 0 fully saturated rings. The maximum Gasteiger partial charge on any atom is 0.502 e. The van der Waals surface area contributed by atoms with Gasteiger partial charge >= 0.3 is 7.12 Å². The van der Waals surface area contributed by atoms with Crippen LogP contribution >= 0.6 is 11.3 Å². The summed E-state index contributed by atoms with van der Waals surface area (Å²) >= 11 is 1.52. The molecule has 1 heterocycles. The van der Waals surface area contributed by atoms with Crippen molar-refractivity contribution < 1.29 is 14.8 Å². The fourth-order valence-corrected chi connectivity index (χ4v) is 2.75. The quantitative estimate of drug-likeness (QED) is 0.544. The average Bonchev–Trinajstić information content (AvgIpc) is 2.81. The van der Waals surface area contributed by atoms with Gasteiger partial charge in [0, 0.05) is 4.78 Å². The van der Waals surface area contributed by atoms with E-state index in [1.807, 2.05) is 6.07 Å². The molecule has 0 saturated heterocycles. The van der Waals surface area contributed by atoms with E-state index in [1.165, 1.54) is 42.6 Å². The molecular formula is C16H29BO3S. The van der Waals surface area contributed by atoms with Crippen molar-refractivity contribution in [3.63, 3.8) is 0 Å². The Balaban J connectivity index is 2.56. The van der Waals surface area contributed by atoms with Crippen molar-refractivity contribution in [2.24, 2.45) is 0 Å². The second kappa shape index (κ2) is 7.77. The Morgan fingerprint density at radius 3 is 2.43 bits per heavy atom. The lowest BCUT2D eigenvalue weighted by Crippen LogP contribution is -2.52. The van der Waals surface area contributed by atoms with Gasteiger partial charge in [0.15, 0.2) is 0 Å². The summed E-state index contributed by atoms with van der Waals surface area (Å²) in [5, 5.41) is 22.4. The van der Waals surface area contributed by atoms with Crippen LogP contribution in [0.15, 0.2) is 11.4 Å². The molecule has 21 heavy (non-hydrogen) atoms. The van der Waals surface area contributed by atoms with Crippen molar-refractivity contribution in [2.75, 3.05) is 0 Å². The van der Waals surface area contributed by atoms with E-state index in [4.69, 9.17) is 4.65 Å². The molecular weight excluding hydrogens is 283 g/mol. The molecule has 0 unspecified atom stereocenters. The third-order valence-corrected chi connectivity index (χ3v) is 5.13. The van der Waals surface area contributed by atoms with Crippen LogP contribution in [-0.2, 0) is 11.1 Å². The van der Waals surface area contributed by atoms with Crippen LogP contribution in [0.1, 0.15) is 65.9 Å². The van der Waals surface area contributed by atoms with Gasteiger partial charge in [-0.25, -0.2) is 0 Å². The monoisotopic (exact) mass is 312 g/mol. The number of hydrogen-bond donors (Lipinski definition) is 2. The minimum atomic E-state index is -1.02. The summed E-state index contributed by atoms with van der Waals surface area (Å²) in [5.41, 5.74) is -0.582. The molecule has 120 valence electrons. The van der Waals surface area contributed by atoms with Gasteiger partial charge in [0.05, 0.1) is 11.2 Å². The first kappa shape index (κ1) is 18.7. The molecule has 0 amide bonds. The Morgan fingerprint density at radius 2 is 1.86 bits per heavy atom. The summed E-state index contributed by atoms with van der Waals surface area (Å²) in [6.45, 7) is 9.16. The normalized spacial score (nSPS) is 12.7. The number of thiophene rings is 1. The van der Waals surface area contributed by atoms with Crippen molar-refractivity contribution in [2.45, 2.75) is 77.9 Å². The van der Waals surface area contributed by atoms with E-state index >= 15 is 0 Å². The molecule has 0 aromatic carbocycles. The van der Waals surface area contributed by atoms with E-state index in [1.54, 1.807) is 27.7 Å². The summed E-state index contributed by atoms with van der Waals surface area (Å²) < 4.78 is 6.46. The minimum Gasteiger partial charge on any atom is -0.423 e. The zero-order valence-corrected chi connectivity index (χ0v) is 14.8. The molecule has 0 atom stereocenters. The molecule has 0 radical (unpaired) electrons. The Bertz CT molecular complexity index is 423. The number of aryl methyl sites for hydroxylation is 1. The molecule has 2 N–H and O–H groups in total. The molecule has 0 aliphatic carbocycles. The van der Waals surface area contributed by atoms with Crippen LogP contribution in [0.25, 0.3) is 0 Å². The van der Waals surface area contributed by atoms with Gasteiger partial charge in [-0.15, -0.1) is 0 Å². The molecule has 0 bridgehead atoms. The maximum atomic E-state index is 10.2. The summed E-state index contributed by atoms with van der Waals surface area (Å²) in [5.74, 6) is 0. The summed E-state index contributed by atoms with van der Waals surface area (Å²) in [6, 6.07) is 2.02. The zero-order chi connectivity index (χ0) is 16.1. The highest BCUT2D eigenvalue weighted by molar-refractivity contribution is 7.20. The second-order valence-electron chi connectivity index (χ2n) is 6.71. The predicted molar refractivity (Wildman–Crippen MR) is 91.2 cm³/mol. The number of hydrogen-bond acceptors (Lipinski definition) is 4. The average molecular weight is 312 g/mol. The third-order valence-electron chi connectivity index (χ3n) is 4.12. The van der Waals surface area contributed by atoms with Crippen molar-refractivity contribution in [3.05, 3.63) is 17.0 Å². The molecule has 0 aliphatic rings. The lowest BCUT2D eigenvalue weighted by molar-refractivity contribution is -0.0981. The Morgan fingerprint density at radius 1 is 1.19 bits per heavy atom. The molecule has 1 aromatic rings. The first-order valence-electron chi connectivity index (χ1n) is 7.83. The molecule has 3 nitrogen and oxygen atoms in total. The molecule has 1 aromatic heterocycles. The van der Waals surface area contributed by atoms with E-state index in [2.05, 4.69) is 12.3 Å². The van der Waals surface area contributed by atoms with Crippen LogP contribution in [0.4, 0.5) is 0 Å². The molecule has 0 saturated carbocycles. The predicted octanol–water partition coefficient (Wildman–Crippen LogP) is 3.12. The van der Waals surface area contributed by atoms with E-state index in [0.717, 1.165) is 11.2 Å². The fourth-order valence-electron chi connectivity index (χ4n) is 1.89. The first-order valence-corrected chi connectivity index (χ1v) is 8.71. The van der Waals surface area contributed by atoms with Crippen LogP contribution in [-0.4, -0.2) is 28.5 Å². The second-order valence-corrected chi connectivity index (χ2v) is 7.65. The largest absolute Gasteiger partial charge is 0.502 e. The number of aliphatic hydroxyl groups is 1. The highest BCUT2D eigenvalue weighted by Crippen LogP contribution is 2.25. The smallest absolute Gasteiger partial charge is 0.423 e. The van der Waals surface area contributed by atoms with E-state index in [-0.39, 0.29) is 0 Å². The first-order chi connectivity index (χ1) is 9.67. The maximum absolute atomic E-state index is 10.2. The van der Waals surface area contributed by atoms with Gasteiger partial charge in [0.25, 0.3) is 0 Å². The van der Waals surface area contributed by atoms with Crippen LogP contribution in [0.2, 0.25) is 0 Å². The molecule has 1 rings (SSSR count). The lowest BCUT2D eigenvalue weighted by atomic mass is 9.81. The SMILES string of the molecule is CCCCCCc1csc(B(O)OC(C)(C)C(C)(C)O)c1. The Labute approximate surface area is 133 Å². The van der Waals surface area contributed by atoms with Gasteiger partial charge in [0.2, 0.25) is 0 Å². The van der Waals surface area contributed by atoms with Crippen LogP contribution in [0.5, 0.6) is 0 Å². The molecule has 5 heteroatoms. The van der Waals surface area contributed by atoms with Gasteiger partial charge in [-0.2, -0.15) is 11.3 Å². The number of rotatable bonds is 9. The van der Waals surface area contributed by atoms with Gasteiger partial charge in [-0.1, -0.05) is 26.2 Å². The molecule has 0 aliphatic heterocycles. The van der Waals surface area contributed by atoms with Crippen molar-refractivity contribution >= 4 is 23.2 Å². The summed E-state index contributed by atoms with van der Waals surface area (Å²) in [4.78, 5) is 0. The fraction of sp³-hybridized carbons (Fsp3) is 0.750. The van der Waals surface area contributed by atoms with E-state index < -0.39 is 18.3 Å².